The second-order valence-corrected chi connectivity index (χ2v) is 5.48. The van der Waals surface area contributed by atoms with Crippen molar-refractivity contribution in [1.82, 2.24) is 29.8 Å². The molecule has 1 amide bonds. The lowest BCUT2D eigenvalue weighted by atomic mass is 10.2. The highest BCUT2D eigenvalue weighted by molar-refractivity contribution is 5.92. The molecule has 4 rings (SSSR count). The van der Waals surface area contributed by atoms with E-state index in [4.69, 9.17) is 5.73 Å². The van der Waals surface area contributed by atoms with Crippen molar-refractivity contribution in [3.63, 3.8) is 0 Å². The average molecular weight is 346 g/mol. The van der Waals surface area contributed by atoms with Gasteiger partial charge in [0.15, 0.2) is 11.5 Å². The number of primary amides is 1. The molecule has 0 saturated carbocycles. The van der Waals surface area contributed by atoms with Gasteiger partial charge >= 0.3 is 0 Å². The Labute approximate surface area is 147 Å². The van der Waals surface area contributed by atoms with E-state index in [2.05, 4.69) is 30.6 Å². The summed E-state index contributed by atoms with van der Waals surface area (Å²) in [6.45, 7) is 0.582. The minimum Gasteiger partial charge on any atom is -0.364 e. The Morgan fingerprint density at radius 1 is 1.08 bits per heavy atom. The van der Waals surface area contributed by atoms with E-state index in [0.717, 1.165) is 5.56 Å². The van der Waals surface area contributed by atoms with Crippen LogP contribution in [0.25, 0.3) is 17.0 Å². The van der Waals surface area contributed by atoms with Crippen LogP contribution >= 0.6 is 0 Å². The molecule has 0 aliphatic carbocycles. The highest BCUT2D eigenvalue weighted by Gasteiger charge is 2.16. The van der Waals surface area contributed by atoms with Crippen LogP contribution in [0.4, 0.5) is 5.95 Å². The average Bonchev–Trinajstić information content (AvgIpc) is 3.11. The Bertz CT molecular complexity index is 1080. The largest absolute Gasteiger partial charge is 0.364 e. The summed E-state index contributed by atoms with van der Waals surface area (Å²) in [6.07, 6.45) is 1.40. The van der Waals surface area contributed by atoms with Crippen molar-refractivity contribution in [3.05, 3.63) is 66.1 Å². The molecular weight excluding hydrogens is 332 g/mol. The van der Waals surface area contributed by atoms with Gasteiger partial charge in [-0.05, 0) is 17.7 Å². The monoisotopic (exact) mass is 346 g/mol. The number of hydrogen-bond acceptors (Lipinski definition) is 7. The smallest absolute Gasteiger partial charge is 0.267 e. The van der Waals surface area contributed by atoms with Crippen molar-refractivity contribution < 1.29 is 4.79 Å². The number of rotatable bonds is 5. The number of pyridine rings is 1. The van der Waals surface area contributed by atoms with Gasteiger partial charge in [-0.25, -0.2) is 14.5 Å². The summed E-state index contributed by atoms with van der Waals surface area (Å²) >= 11 is 0. The summed E-state index contributed by atoms with van der Waals surface area (Å²) in [6, 6.07) is 15.0. The van der Waals surface area contributed by atoms with E-state index in [1.807, 2.05) is 30.3 Å². The number of fused-ring (bicyclic) bond motifs is 1. The standard InChI is InChI=1S/C17H14N8O/c18-15(26)13-8-4-7-12-14(23-24-25(12)13)16-20-10-21-17(22-16)19-9-11-5-2-1-3-6-11/h1-8,10H,9H2,(H2,18,26)(H,19,20,21,22). The second kappa shape index (κ2) is 6.55. The van der Waals surface area contributed by atoms with E-state index in [0.29, 0.717) is 29.5 Å². The zero-order valence-electron chi connectivity index (χ0n) is 13.6. The van der Waals surface area contributed by atoms with E-state index in [-0.39, 0.29) is 5.69 Å². The van der Waals surface area contributed by atoms with Gasteiger partial charge in [0.05, 0.1) is 5.52 Å². The van der Waals surface area contributed by atoms with Crippen LogP contribution in [-0.4, -0.2) is 35.7 Å². The fraction of sp³-hybridized carbons (Fsp3) is 0.0588. The third kappa shape index (κ3) is 2.93. The van der Waals surface area contributed by atoms with Gasteiger partial charge in [0, 0.05) is 6.54 Å². The molecule has 128 valence electrons. The Kier molecular flexibility index (Phi) is 3.94. The number of nitrogens with zero attached hydrogens (tertiary/aromatic N) is 6. The first-order chi connectivity index (χ1) is 12.7. The van der Waals surface area contributed by atoms with Gasteiger partial charge in [0.1, 0.15) is 12.0 Å². The van der Waals surface area contributed by atoms with Gasteiger partial charge in [-0.1, -0.05) is 41.6 Å². The molecule has 1 aromatic carbocycles. The number of carbonyl (C=O) groups excluding carboxylic acids is 1. The predicted octanol–water partition coefficient (Wildman–Crippen LogP) is 1.29. The van der Waals surface area contributed by atoms with Crippen LogP contribution in [0.1, 0.15) is 16.1 Å². The molecule has 3 aromatic heterocycles. The van der Waals surface area contributed by atoms with E-state index in [1.54, 1.807) is 18.2 Å². The van der Waals surface area contributed by atoms with Crippen molar-refractivity contribution in [2.75, 3.05) is 5.32 Å². The Morgan fingerprint density at radius 2 is 1.92 bits per heavy atom. The van der Waals surface area contributed by atoms with E-state index in [9.17, 15) is 4.79 Å². The minimum atomic E-state index is -0.590. The van der Waals surface area contributed by atoms with Crippen molar-refractivity contribution in [1.29, 1.82) is 0 Å². The molecule has 4 aromatic rings. The van der Waals surface area contributed by atoms with E-state index >= 15 is 0 Å². The zero-order valence-corrected chi connectivity index (χ0v) is 13.6. The first-order valence-corrected chi connectivity index (χ1v) is 7.84. The molecule has 3 N–H and O–H groups in total. The summed E-state index contributed by atoms with van der Waals surface area (Å²) < 4.78 is 1.37. The molecule has 0 unspecified atom stereocenters. The number of amides is 1. The predicted molar refractivity (Wildman–Crippen MR) is 94.1 cm³/mol. The highest BCUT2D eigenvalue weighted by atomic mass is 16.1. The third-order valence-corrected chi connectivity index (χ3v) is 3.77. The van der Waals surface area contributed by atoms with E-state index in [1.165, 1.54) is 10.8 Å². The van der Waals surface area contributed by atoms with Crippen LogP contribution in [-0.2, 0) is 6.54 Å². The number of nitrogens with one attached hydrogen (secondary N) is 1. The number of nitrogens with two attached hydrogens (primary N) is 1. The molecular formula is C17H14N8O. The van der Waals surface area contributed by atoms with Crippen molar-refractivity contribution in [2.45, 2.75) is 6.54 Å². The molecule has 0 aliphatic rings. The molecule has 0 aliphatic heterocycles. The van der Waals surface area contributed by atoms with Crippen LogP contribution in [0.15, 0.2) is 54.9 Å². The molecule has 9 nitrogen and oxygen atoms in total. The molecule has 0 bridgehead atoms. The number of carbonyl (C=O) groups is 1. The summed E-state index contributed by atoms with van der Waals surface area (Å²) in [5.74, 6) is 0.186. The van der Waals surface area contributed by atoms with Crippen LogP contribution < -0.4 is 11.1 Å². The summed E-state index contributed by atoms with van der Waals surface area (Å²) in [7, 11) is 0. The second-order valence-electron chi connectivity index (χ2n) is 5.48. The van der Waals surface area contributed by atoms with Gasteiger partial charge in [-0.3, -0.25) is 4.79 Å². The molecule has 0 saturated heterocycles. The van der Waals surface area contributed by atoms with Crippen LogP contribution in [0.5, 0.6) is 0 Å². The SMILES string of the molecule is NC(=O)c1cccc2c(-c3ncnc(NCc4ccccc4)n3)nnn12. The maximum absolute atomic E-state index is 11.5. The van der Waals surface area contributed by atoms with Crippen LogP contribution in [0.3, 0.4) is 0 Å². The summed E-state index contributed by atoms with van der Waals surface area (Å²) in [4.78, 5) is 24.2. The molecule has 3 heterocycles. The lowest BCUT2D eigenvalue weighted by molar-refractivity contribution is 0.0993. The number of anilines is 1. The maximum Gasteiger partial charge on any atom is 0.267 e. The maximum atomic E-state index is 11.5. The van der Waals surface area contributed by atoms with Crippen LogP contribution in [0.2, 0.25) is 0 Å². The number of aromatic nitrogens is 6. The minimum absolute atomic E-state index is 0.234. The summed E-state index contributed by atoms with van der Waals surface area (Å²) in [5, 5.41) is 11.2. The molecule has 26 heavy (non-hydrogen) atoms. The fourth-order valence-electron chi connectivity index (χ4n) is 2.54. The third-order valence-electron chi connectivity index (χ3n) is 3.77. The Morgan fingerprint density at radius 3 is 2.73 bits per heavy atom. The number of hydrogen-bond donors (Lipinski definition) is 2. The molecule has 0 radical (unpaired) electrons. The van der Waals surface area contributed by atoms with Gasteiger partial charge in [0.2, 0.25) is 5.95 Å². The molecule has 0 fully saturated rings. The lowest BCUT2D eigenvalue weighted by Crippen LogP contribution is -2.15. The van der Waals surface area contributed by atoms with Gasteiger partial charge in [0.25, 0.3) is 5.91 Å². The van der Waals surface area contributed by atoms with Gasteiger partial charge in [-0.2, -0.15) is 4.98 Å². The topological polar surface area (TPSA) is 124 Å². The van der Waals surface area contributed by atoms with Gasteiger partial charge in [-0.15, -0.1) is 5.10 Å². The first-order valence-electron chi connectivity index (χ1n) is 7.84. The fourth-order valence-corrected chi connectivity index (χ4v) is 2.54. The Balaban J connectivity index is 1.65. The molecule has 9 heteroatoms. The van der Waals surface area contributed by atoms with Crippen molar-refractivity contribution in [3.8, 4) is 11.5 Å². The van der Waals surface area contributed by atoms with Crippen molar-refractivity contribution >= 4 is 17.4 Å². The number of benzene rings is 1. The zero-order chi connectivity index (χ0) is 17.9. The lowest BCUT2D eigenvalue weighted by Gasteiger charge is -2.05. The Hall–Kier alpha value is -3.88. The van der Waals surface area contributed by atoms with Crippen molar-refractivity contribution in [2.24, 2.45) is 5.73 Å². The molecule has 0 atom stereocenters. The summed E-state index contributed by atoms with van der Waals surface area (Å²) in [5.41, 5.74) is 7.74. The quantitative estimate of drug-likeness (QED) is 0.558. The molecule has 0 spiro atoms. The van der Waals surface area contributed by atoms with Crippen LogP contribution in [0, 0.1) is 0 Å². The normalized spacial score (nSPS) is 10.8. The van der Waals surface area contributed by atoms with Gasteiger partial charge < -0.3 is 11.1 Å². The van der Waals surface area contributed by atoms with E-state index < -0.39 is 5.91 Å². The highest BCUT2D eigenvalue weighted by Crippen LogP contribution is 2.20. The first kappa shape index (κ1) is 15.6.